The average Bonchev–Trinajstić information content (AvgIpc) is 2.98. The van der Waals surface area contributed by atoms with Gasteiger partial charge < -0.3 is 14.4 Å². The van der Waals surface area contributed by atoms with Crippen LogP contribution in [0.5, 0.6) is 0 Å². The van der Waals surface area contributed by atoms with E-state index in [1.54, 1.807) is 0 Å². The van der Waals surface area contributed by atoms with Gasteiger partial charge in [0.1, 0.15) is 6.04 Å². The van der Waals surface area contributed by atoms with Gasteiger partial charge in [-0.25, -0.2) is 4.79 Å². The van der Waals surface area contributed by atoms with Crippen LogP contribution in [0.25, 0.3) is 10.9 Å². The van der Waals surface area contributed by atoms with Gasteiger partial charge in [-0.05, 0) is 38.4 Å². The van der Waals surface area contributed by atoms with Crippen LogP contribution < -0.4 is 0 Å². The summed E-state index contributed by atoms with van der Waals surface area (Å²) in [5.74, 6) is -0.0335. The second kappa shape index (κ2) is 6.56. The third-order valence-corrected chi connectivity index (χ3v) is 6.13. The number of likely N-dealkylation sites (tertiary alicyclic amines) is 1. The monoisotopic (exact) mass is 354 g/mol. The third-order valence-electron chi connectivity index (χ3n) is 6.13. The number of fused-ring (bicyclic) bond motifs is 6. The van der Waals surface area contributed by atoms with E-state index in [0.717, 1.165) is 29.4 Å². The number of ether oxygens (including phenoxy) is 1. The van der Waals surface area contributed by atoms with E-state index >= 15 is 0 Å². The number of hydrogen-bond donors (Lipinski definition) is 1. The summed E-state index contributed by atoms with van der Waals surface area (Å²) in [5.41, 5.74) is 4.69. The topological polar surface area (TPSA) is 54.7 Å². The number of likely N-dealkylation sites (N-methyl/N-ethyl adjacent to an activating group) is 1. The quantitative estimate of drug-likeness (QED) is 0.680. The fourth-order valence-electron chi connectivity index (χ4n) is 5.00. The van der Waals surface area contributed by atoms with Gasteiger partial charge in [-0.1, -0.05) is 29.8 Å². The van der Waals surface area contributed by atoms with Crippen LogP contribution in [0, 0.1) is 5.92 Å². The van der Waals surface area contributed by atoms with Gasteiger partial charge in [0.25, 0.3) is 0 Å². The molecule has 2 aliphatic rings. The number of benzene rings is 1. The predicted octanol–water partition coefficient (Wildman–Crippen LogP) is 2.84. The minimum atomic E-state index is -0.344. The van der Waals surface area contributed by atoms with Crippen molar-refractivity contribution in [2.45, 2.75) is 31.8 Å². The summed E-state index contributed by atoms with van der Waals surface area (Å²) >= 11 is 0. The van der Waals surface area contributed by atoms with Gasteiger partial charge in [-0.15, -0.1) is 0 Å². The van der Waals surface area contributed by atoms with E-state index in [1.165, 1.54) is 18.4 Å². The van der Waals surface area contributed by atoms with Gasteiger partial charge in [0, 0.05) is 35.7 Å². The number of aliphatic hydroxyl groups excluding tert-OH is 1. The standard InChI is InChI=1S/C21H26N2O3/c1-4-13-12-22(2)18-11-16(13)20(21(25)26-3)23-17-8-6-5-7-14(17)15(9-10-24)19(18)23/h4-8,16,18,20,24H,9-12H2,1-3H3/b13-4-/t16-,18-,20-/m0/s1. The molecule has 2 aliphatic heterocycles. The number of carbonyl (C=O) groups excluding carboxylic acids is 1. The maximum atomic E-state index is 12.9. The number of esters is 1. The summed E-state index contributed by atoms with van der Waals surface area (Å²) in [6.07, 6.45) is 3.66. The molecule has 1 N–H and O–H groups in total. The zero-order valence-corrected chi connectivity index (χ0v) is 15.6. The van der Waals surface area contributed by atoms with Crippen molar-refractivity contribution in [3.05, 3.63) is 47.2 Å². The summed E-state index contributed by atoms with van der Waals surface area (Å²) < 4.78 is 7.42. The predicted molar refractivity (Wildman–Crippen MR) is 101 cm³/mol. The number of methoxy groups -OCH3 is 1. The number of para-hydroxylation sites is 1. The van der Waals surface area contributed by atoms with Crippen molar-refractivity contribution in [1.29, 1.82) is 0 Å². The summed E-state index contributed by atoms with van der Waals surface area (Å²) in [6, 6.07) is 8.11. The first-order chi connectivity index (χ1) is 12.6. The Morgan fingerprint density at radius 2 is 2.15 bits per heavy atom. The molecule has 0 amide bonds. The molecule has 2 aromatic rings. The summed E-state index contributed by atoms with van der Waals surface area (Å²) in [4.78, 5) is 15.2. The van der Waals surface area contributed by atoms with E-state index in [9.17, 15) is 9.90 Å². The van der Waals surface area contributed by atoms with Crippen molar-refractivity contribution in [2.75, 3.05) is 27.3 Å². The zero-order valence-electron chi connectivity index (χ0n) is 15.6. The Morgan fingerprint density at radius 3 is 2.85 bits per heavy atom. The number of allylic oxidation sites excluding steroid dienone is 1. The lowest BCUT2D eigenvalue weighted by Gasteiger charge is -2.47. The molecule has 1 saturated heterocycles. The van der Waals surface area contributed by atoms with E-state index in [4.69, 9.17) is 4.74 Å². The number of hydrogen-bond acceptors (Lipinski definition) is 4. The molecule has 5 nitrogen and oxygen atoms in total. The second-order valence-electron chi connectivity index (χ2n) is 7.33. The minimum Gasteiger partial charge on any atom is -0.467 e. The molecule has 0 unspecified atom stereocenters. The van der Waals surface area contributed by atoms with Crippen LogP contribution in [-0.4, -0.2) is 47.9 Å². The molecular formula is C21H26N2O3. The Morgan fingerprint density at radius 1 is 1.38 bits per heavy atom. The lowest BCUT2D eigenvalue weighted by atomic mass is 9.76. The van der Waals surface area contributed by atoms with E-state index in [2.05, 4.69) is 41.6 Å². The summed E-state index contributed by atoms with van der Waals surface area (Å²) in [7, 11) is 3.62. The average molecular weight is 354 g/mol. The Labute approximate surface area is 153 Å². The Bertz CT molecular complexity index is 883. The van der Waals surface area contributed by atoms with Gasteiger partial charge in [0.05, 0.1) is 13.2 Å². The van der Waals surface area contributed by atoms with Crippen molar-refractivity contribution in [3.63, 3.8) is 0 Å². The highest BCUT2D eigenvalue weighted by molar-refractivity contribution is 5.89. The van der Waals surface area contributed by atoms with Crippen LogP contribution in [0.1, 0.15) is 36.7 Å². The van der Waals surface area contributed by atoms with Crippen molar-refractivity contribution < 1.29 is 14.6 Å². The molecular weight excluding hydrogens is 328 g/mol. The first-order valence-electron chi connectivity index (χ1n) is 9.28. The molecule has 1 aromatic carbocycles. The molecule has 26 heavy (non-hydrogen) atoms. The maximum absolute atomic E-state index is 12.9. The highest BCUT2D eigenvalue weighted by Crippen LogP contribution is 2.50. The molecule has 1 fully saturated rings. The van der Waals surface area contributed by atoms with E-state index in [1.807, 2.05) is 12.1 Å². The first-order valence-corrected chi connectivity index (χ1v) is 9.28. The molecule has 0 radical (unpaired) electrons. The highest BCUT2D eigenvalue weighted by Gasteiger charge is 2.47. The number of rotatable bonds is 3. The molecule has 5 heteroatoms. The van der Waals surface area contributed by atoms with Crippen LogP contribution >= 0.6 is 0 Å². The molecule has 2 bridgehead atoms. The molecule has 0 saturated carbocycles. The Hall–Kier alpha value is -2.11. The summed E-state index contributed by atoms with van der Waals surface area (Å²) in [6.45, 7) is 3.02. The number of aliphatic hydroxyl groups is 1. The smallest absolute Gasteiger partial charge is 0.329 e. The molecule has 0 spiro atoms. The molecule has 4 rings (SSSR count). The number of piperidine rings is 1. The van der Waals surface area contributed by atoms with Crippen LogP contribution in [-0.2, 0) is 16.0 Å². The maximum Gasteiger partial charge on any atom is 0.329 e. The number of aromatic nitrogens is 1. The lowest BCUT2D eigenvalue weighted by molar-refractivity contribution is -0.147. The zero-order chi connectivity index (χ0) is 18.4. The molecule has 1 aromatic heterocycles. The van der Waals surface area contributed by atoms with Crippen LogP contribution in [0.15, 0.2) is 35.9 Å². The van der Waals surface area contributed by atoms with Crippen molar-refractivity contribution in [2.24, 2.45) is 5.92 Å². The largest absolute Gasteiger partial charge is 0.467 e. The first kappa shape index (κ1) is 17.3. The molecule has 138 valence electrons. The minimum absolute atomic E-state index is 0.101. The van der Waals surface area contributed by atoms with Gasteiger partial charge in [-0.3, -0.25) is 4.90 Å². The van der Waals surface area contributed by atoms with E-state index < -0.39 is 0 Å². The molecule has 3 heterocycles. The van der Waals surface area contributed by atoms with Gasteiger partial charge >= 0.3 is 5.97 Å². The van der Waals surface area contributed by atoms with Crippen LogP contribution in [0.2, 0.25) is 0 Å². The van der Waals surface area contributed by atoms with Crippen molar-refractivity contribution >= 4 is 16.9 Å². The highest BCUT2D eigenvalue weighted by atomic mass is 16.5. The SMILES string of the molecule is C/C=C1/CN(C)[C@H]2C[C@@H]1[C@@H](C(=O)OC)n1c2c(CCO)c2ccccc21. The fraction of sp³-hybridized carbons (Fsp3) is 0.476. The number of carbonyl (C=O) groups is 1. The lowest BCUT2D eigenvalue weighted by Crippen LogP contribution is -2.46. The Kier molecular flexibility index (Phi) is 4.37. The molecule has 0 aliphatic carbocycles. The van der Waals surface area contributed by atoms with E-state index in [0.29, 0.717) is 6.42 Å². The van der Waals surface area contributed by atoms with Crippen molar-refractivity contribution in [1.82, 2.24) is 9.47 Å². The third kappa shape index (κ3) is 2.34. The second-order valence-corrected chi connectivity index (χ2v) is 7.33. The normalized spacial score (nSPS) is 26.9. The van der Waals surface area contributed by atoms with Crippen LogP contribution in [0.4, 0.5) is 0 Å². The Balaban J connectivity index is 2.05. The van der Waals surface area contributed by atoms with Gasteiger partial charge in [0.2, 0.25) is 0 Å². The van der Waals surface area contributed by atoms with Crippen molar-refractivity contribution in [3.8, 4) is 0 Å². The number of nitrogens with zero attached hydrogens (tertiary/aromatic N) is 2. The van der Waals surface area contributed by atoms with Gasteiger partial charge in [-0.2, -0.15) is 0 Å². The fourth-order valence-corrected chi connectivity index (χ4v) is 5.00. The van der Waals surface area contributed by atoms with Crippen LogP contribution in [0.3, 0.4) is 0 Å². The van der Waals surface area contributed by atoms with Gasteiger partial charge in [0.15, 0.2) is 0 Å². The molecule has 3 atom stereocenters. The van der Waals surface area contributed by atoms with E-state index in [-0.39, 0.29) is 30.6 Å². The summed E-state index contributed by atoms with van der Waals surface area (Å²) in [5, 5.41) is 10.8.